The van der Waals surface area contributed by atoms with E-state index >= 15 is 0 Å². The number of nitrogens with one attached hydrogen (secondary N) is 3. The molecule has 0 saturated heterocycles. The molecule has 0 aromatic heterocycles. The lowest BCUT2D eigenvalue weighted by atomic mass is 10.1. The largest absolute Gasteiger partial charge is 0.488 e. The maximum Gasteiger partial charge on any atom is 0.488 e. The summed E-state index contributed by atoms with van der Waals surface area (Å²) in [5.41, 5.74) is 0.500. The first kappa shape index (κ1) is 30.1. The summed E-state index contributed by atoms with van der Waals surface area (Å²) in [5.74, 6) is -4.71. The highest BCUT2D eigenvalue weighted by molar-refractivity contribution is 7.81. The van der Waals surface area contributed by atoms with E-state index < -0.39 is 52.9 Å². The number of amides is 3. The van der Waals surface area contributed by atoms with Crippen molar-refractivity contribution in [2.24, 2.45) is 0 Å². The van der Waals surface area contributed by atoms with E-state index in [-0.39, 0.29) is 43.9 Å². The zero-order valence-corrected chi connectivity index (χ0v) is 19.6. The molecule has 200 valence electrons. The quantitative estimate of drug-likeness (QED) is 0.124. The molecule has 0 aliphatic rings. The lowest BCUT2D eigenvalue weighted by Crippen LogP contribution is -2.51. The van der Waals surface area contributed by atoms with Gasteiger partial charge in [0.15, 0.2) is 0 Å². The number of hydrogen-bond acceptors (Lipinski definition) is 8. The van der Waals surface area contributed by atoms with E-state index in [4.69, 9.17) is 10.2 Å². The third kappa shape index (κ3) is 13.1. The molecular weight excluding hydrogens is 509 g/mol. The second-order valence-electron chi connectivity index (χ2n) is 7.47. The van der Waals surface area contributed by atoms with E-state index in [1.165, 1.54) is 24.3 Å². The van der Waals surface area contributed by atoms with Crippen LogP contribution in [0.3, 0.4) is 0 Å². The second kappa shape index (κ2) is 14.4. The highest BCUT2D eigenvalue weighted by Crippen LogP contribution is 2.15. The lowest BCUT2D eigenvalue weighted by molar-refractivity contribution is -0.140. The molecule has 1 rings (SSSR count). The fraction of sp³-hybridized carbons (Fsp3) is 0.450. The molecule has 2 atom stereocenters. The number of hydrogen-bond donors (Lipinski definition) is 6. The summed E-state index contributed by atoms with van der Waals surface area (Å²) in [6.07, 6.45) is -0.334. The zero-order chi connectivity index (χ0) is 27.3. The van der Waals surface area contributed by atoms with Crippen molar-refractivity contribution >= 4 is 40.4 Å². The summed E-state index contributed by atoms with van der Waals surface area (Å²) in [7, 11) is -5.15. The van der Waals surface area contributed by atoms with Gasteiger partial charge in [0.2, 0.25) is 5.91 Å². The van der Waals surface area contributed by atoms with Crippen molar-refractivity contribution in [3.8, 4) is 5.75 Å². The molecule has 0 heterocycles. The first-order chi connectivity index (χ1) is 16.8. The molecule has 2 unspecified atom stereocenters. The molecule has 36 heavy (non-hydrogen) atoms. The van der Waals surface area contributed by atoms with E-state index in [1.54, 1.807) is 0 Å². The Morgan fingerprint density at radius 2 is 1.44 bits per heavy atom. The number of halogens is 1. The smallest absolute Gasteiger partial charge is 0.481 e. The Morgan fingerprint density at radius 3 is 1.94 bits per heavy atom. The Bertz CT molecular complexity index is 1050. The van der Waals surface area contributed by atoms with Crippen LogP contribution in [0.15, 0.2) is 24.3 Å². The van der Waals surface area contributed by atoms with Crippen molar-refractivity contribution in [3.63, 3.8) is 0 Å². The van der Waals surface area contributed by atoms with Crippen molar-refractivity contribution in [3.05, 3.63) is 29.8 Å². The molecule has 0 bridgehead atoms. The van der Waals surface area contributed by atoms with Crippen LogP contribution in [0.4, 0.5) is 8.68 Å². The van der Waals surface area contributed by atoms with Gasteiger partial charge in [-0.15, -0.1) is 0 Å². The van der Waals surface area contributed by atoms with Crippen molar-refractivity contribution < 1.29 is 55.8 Å². The Morgan fingerprint density at radius 1 is 0.889 bits per heavy atom. The highest BCUT2D eigenvalue weighted by atomic mass is 32.3. The number of carbonyl (C=O) groups excluding carboxylic acids is 2. The van der Waals surface area contributed by atoms with Crippen LogP contribution in [0, 0.1) is 0 Å². The minimum Gasteiger partial charge on any atom is -0.481 e. The number of urea groups is 1. The number of carboxylic acid groups (broad SMARTS) is 3. The predicted octanol–water partition coefficient (Wildman–Crippen LogP) is 0.179. The summed E-state index contributed by atoms with van der Waals surface area (Å²) in [6, 6.07) is 1.19. The highest BCUT2D eigenvalue weighted by Gasteiger charge is 2.24. The first-order valence-corrected chi connectivity index (χ1v) is 11.8. The molecule has 0 aliphatic carbocycles. The normalized spacial score (nSPS) is 12.6. The molecule has 0 saturated carbocycles. The van der Waals surface area contributed by atoms with Crippen LogP contribution in [0.25, 0.3) is 0 Å². The van der Waals surface area contributed by atoms with Crippen molar-refractivity contribution in [1.29, 1.82) is 0 Å². The van der Waals surface area contributed by atoms with E-state index in [0.29, 0.717) is 12.0 Å². The van der Waals surface area contributed by atoms with Gasteiger partial charge >= 0.3 is 34.4 Å². The van der Waals surface area contributed by atoms with Gasteiger partial charge in [-0.3, -0.25) is 9.59 Å². The molecular formula is C20H26FN3O11S. The number of unbranched alkanes of at least 4 members (excludes halogenated alkanes) is 1. The van der Waals surface area contributed by atoms with Gasteiger partial charge in [0, 0.05) is 13.0 Å². The van der Waals surface area contributed by atoms with Gasteiger partial charge in [-0.05, 0) is 43.4 Å². The average Bonchev–Trinajstić information content (AvgIpc) is 2.75. The van der Waals surface area contributed by atoms with Crippen LogP contribution in [-0.2, 0) is 36.1 Å². The number of rotatable bonds is 16. The topological polar surface area (TPSA) is 225 Å². The second-order valence-corrected chi connectivity index (χ2v) is 8.43. The maximum atomic E-state index is 12.5. The summed E-state index contributed by atoms with van der Waals surface area (Å²) >= 11 is 0. The average molecular weight is 536 g/mol. The summed E-state index contributed by atoms with van der Waals surface area (Å²) in [6.45, 7) is 0.189. The van der Waals surface area contributed by atoms with Crippen LogP contribution in [-0.4, -0.2) is 72.2 Å². The van der Waals surface area contributed by atoms with Gasteiger partial charge in [-0.1, -0.05) is 16.0 Å². The van der Waals surface area contributed by atoms with Gasteiger partial charge in [0.25, 0.3) is 0 Å². The van der Waals surface area contributed by atoms with E-state index in [1.807, 2.05) is 5.32 Å². The van der Waals surface area contributed by atoms with Gasteiger partial charge in [0.05, 0.1) is 6.42 Å². The van der Waals surface area contributed by atoms with E-state index in [0.717, 1.165) is 0 Å². The van der Waals surface area contributed by atoms with Crippen LogP contribution in [0.1, 0.15) is 37.7 Å². The Kier molecular flexibility index (Phi) is 12.1. The number of aliphatic carboxylic acids is 3. The van der Waals surface area contributed by atoms with Gasteiger partial charge in [-0.2, -0.15) is 8.42 Å². The van der Waals surface area contributed by atoms with Crippen molar-refractivity contribution in [2.75, 3.05) is 6.54 Å². The fourth-order valence-electron chi connectivity index (χ4n) is 2.87. The fourth-order valence-corrected chi connectivity index (χ4v) is 3.21. The Balaban J connectivity index is 2.39. The first-order valence-electron chi connectivity index (χ1n) is 10.5. The SMILES string of the molecule is O=C(O)CCC(NC(=O)NC(CCCCNC(=O)Cc1ccc(OS(=O)(=O)F)cc1)C(=O)O)C(=O)O. The van der Waals surface area contributed by atoms with E-state index in [2.05, 4.69) is 14.8 Å². The van der Waals surface area contributed by atoms with Crippen molar-refractivity contribution in [2.45, 2.75) is 50.6 Å². The minimum absolute atomic E-state index is 0.0234. The molecule has 1 aromatic rings. The molecule has 0 fully saturated rings. The molecule has 3 amide bonds. The summed E-state index contributed by atoms with van der Waals surface area (Å²) in [5, 5.41) is 33.7. The Hall–Kier alpha value is -3.95. The molecule has 6 N–H and O–H groups in total. The van der Waals surface area contributed by atoms with Gasteiger partial charge in [-0.25, -0.2) is 14.4 Å². The number of carbonyl (C=O) groups is 5. The summed E-state index contributed by atoms with van der Waals surface area (Å²) < 4.78 is 37.4. The van der Waals surface area contributed by atoms with Crippen LogP contribution in [0.5, 0.6) is 5.75 Å². The van der Waals surface area contributed by atoms with Crippen molar-refractivity contribution in [1.82, 2.24) is 16.0 Å². The van der Waals surface area contributed by atoms with E-state index in [9.17, 15) is 41.4 Å². The third-order valence-electron chi connectivity index (χ3n) is 4.58. The van der Waals surface area contributed by atoms with Gasteiger partial charge < -0.3 is 35.5 Å². The zero-order valence-electron chi connectivity index (χ0n) is 18.8. The number of benzene rings is 1. The molecule has 0 radical (unpaired) electrons. The summed E-state index contributed by atoms with van der Waals surface area (Å²) in [4.78, 5) is 57.0. The van der Waals surface area contributed by atoms with Crippen LogP contribution < -0.4 is 20.1 Å². The lowest BCUT2D eigenvalue weighted by Gasteiger charge is -2.18. The Labute approximate surface area is 205 Å². The molecule has 16 heteroatoms. The molecule has 0 aliphatic heterocycles. The monoisotopic (exact) mass is 535 g/mol. The number of carboxylic acids is 3. The molecule has 1 aromatic carbocycles. The third-order valence-corrected chi connectivity index (χ3v) is 4.97. The molecule has 14 nitrogen and oxygen atoms in total. The predicted molar refractivity (Wildman–Crippen MR) is 119 cm³/mol. The standard InChI is InChI=1S/C20H26FN3O11S/c21-36(33,34)35-13-6-4-12(5-7-13)11-16(25)22-10-2-1-3-14(18(28)29)23-20(32)24-15(19(30)31)8-9-17(26)27/h4-7,14-15H,1-3,8-11H2,(H,22,25)(H,26,27)(H,28,29)(H,30,31)(H2,23,24,32). The molecule has 0 spiro atoms. The van der Waals surface area contributed by atoms with Gasteiger partial charge in [0.1, 0.15) is 17.8 Å². The van der Waals surface area contributed by atoms with Crippen LogP contribution in [0.2, 0.25) is 0 Å². The van der Waals surface area contributed by atoms with Crippen LogP contribution >= 0.6 is 0 Å². The maximum absolute atomic E-state index is 12.5. The minimum atomic E-state index is -5.15.